The fraction of sp³-hybridized carbons (Fsp3) is 0.250. The van der Waals surface area contributed by atoms with Crippen LogP contribution in [0.3, 0.4) is 0 Å². The third kappa shape index (κ3) is 1.71. The molecular formula is C12H15N5O. The summed E-state index contributed by atoms with van der Waals surface area (Å²) in [5.74, 6) is 7.11. The summed E-state index contributed by atoms with van der Waals surface area (Å²) in [5.41, 5.74) is 11.7. The number of nitrogens with two attached hydrogens (primary N) is 2. The van der Waals surface area contributed by atoms with Crippen molar-refractivity contribution in [2.75, 3.05) is 12.3 Å². The van der Waals surface area contributed by atoms with E-state index in [1.165, 1.54) is 5.56 Å². The Morgan fingerprint density at radius 1 is 1.44 bits per heavy atom. The predicted molar refractivity (Wildman–Crippen MR) is 67.8 cm³/mol. The van der Waals surface area contributed by atoms with E-state index in [1.807, 2.05) is 12.1 Å². The van der Waals surface area contributed by atoms with E-state index in [1.54, 1.807) is 6.20 Å². The lowest BCUT2D eigenvalue weighted by molar-refractivity contribution is 0.357. The van der Waals surface area contributed by atoms with Gasteiger partial charge in [-0.2, -0.15) is 5.10 Å². The number of rotatable bonds is 3. The van der Waals surface area contributed by atoms with E-state index in [2.05, 4.69) is 21.7 Å². The van der Waals surface area contributed by atoms with Gasteiger partial charge in [-0.05, 0) is 17.2 Å². The highest BCUT2D eigenvalue weighted by Crippen LogP contribution is 2.31. The molecule has 0 saturated carbocycles. The molecule has 0 radical (unpaired) electrons. The predicted octanol–water partition coefficient (Wildman–Crippen LogP) is 0.479. The SMILES string of the molecule is NNC(c1ccc2c(c1)CCO2)c1cn[nH]c1N. The van der Waals surface area contributed by atoms with Crippen LogP contribution in [0.2, 0.25) is 0 Å². The molecule has 3 rings (SSSR count). The molecule has 6 nitrogen and oxygen atoms in total. The number of anilines is 1. The molecule has 1 aromatic carbocycles. The zero-order valence-electron chi connectivity index (χ0n) is 9.81. The minimum absolute atomic E-state index is 0.172. The monoisotopic (exact) mass is 245 g/mol. The molecule has 0 bridgehead atoms. The van der Waals surface area contributed by atoms with Crippen LogP contribution in [0.1, 0.15) is 22.7 Å². The number of hydrogen-bond donors (Lipinski definition) is 4. The van der Waals surface area contributed by atoms with Gasteiger partial charge in [0.15, 0.2) is 0 Å². The van der Waals surface area contributed by atoms with Crippen LogP contribution in [0.15, 0.2) is 24.4 Å². The standard InChI is InChI=1S/C12H15N5O/c13-12-9(6-15-17-12)11(16-14)8-1-2-10-7(5-8)3-4-18-10/h1-2,5-6,11,16H,3-4,14H2,(H3,13,15,17). The van der Waals surface area contributed by atoms with Crippen LogP contribution in [-0.2, 0) is 6.42 Å². The van der Waals surface area contributed by atoms with Gasteiger partial charge in [0.25, 0.3) is 0 Å². The summed E-state index contributed by atoms with van der Waals surface area (Å²) in [6.07, 6.45) is 2.62. The van der Waals surface area contributed by atoms with Crippen molar-refractivity contribution in [2.45, 2.75) is 12.5 Å². The molecule has 2 heterocycles. The highest BCUT2D eigenvalue weighted by atomic mass is 16.5. The van der Waals surface area contributed by atoms with Gasteiger partial charge in [-0.1, -0.05) is 12.1 Å². The van der Waals surface area contributed by atoms with E-state index in [0.29, 0.717) is 5.82 Å². The highest BCUT2D eigenvalue weighted by Gasteiger charge is 2.20. The van der Waals surface area contributed by atoms with Gasteiger partial charge in [-0.15, -0.1) is 0 Å². The quantitative estimate of drug-likeness (QED) is 0.465. The summed E-state index contributed by atoms with van der Waals surface area (Å²) < 4.78 is 5.49. The average Bonchev–Trinajstić information content (AvgIpc) is 2.99. The van der Waals surface area contributed by atoms with Gasteiger partial charge in [-0.3, -0.25) is 10.9 Å². The van der Waals surface area contributed by atoms with Gasteiger partial charge in [-0.25, -0.2) is 5.43 Å². The molecule has 94 valence electrons. The topological polar surface area (TPSA) is 102 Å². The highest BCUT2D eigenvalue weighted by molar-refractivity contribution is 5.47. The third-order valence-electron chi connectivity index (χ3n) is 3.22. The van der Waals surface area contributed by atoms with Gasteiger partial charge in [0.2, 0.25) is 0 Å². The number of benzene rings is 1. The molecule has 1 aliphatic heterocycles. The molecular weight excluding hydrogens is 230 g/mol. The van der Waals surface area contributed by atoms with Gasteiger partial charge in [0, 0.05) is 12.0 Å². The number of nitrogens with zero attached hydrogens (tertiary/aromatic N) is 1. The molecule has 1 aromatic heterocycles. The van der Waals surface area contributed by atoms with E-state index in [9.17, 15) is 0 Å². The second-order valence-corrected chi connectivity index (χ2v) is 4.30. The van der Waals surface area contributed by atoms with E-state index < -0.39 is 0 Å². The summed E-state index contributed by atoms with van der Waals surface area (Å²) in [5, 5.41) is 6.63. The van der Waals surface area contributed by atoms with E-state index in [4.69, 9.17) is 16.3 Å². The fourth-order valence-corrected chi connectivity index (χ4v) is 2.29. The second kappa shape index (κ2) is 4.32. The Balaban J connectivity index is 2.00. The van der Waals surface area contributed by atoms with Gasteiger partial charge in [0.05, 0.1) is 18.8 Å². The van der Waals surface area contributed by atoms with Crippen molar-refractivity contribution in [1.29, 1.82) is 0 Å². The molecule has 2 aromatic rings. The van der Waals surface area contributed by atoms with Crippen LogP contribution >= 0.6 is 0 Å². The Labute approximate surface area is 104 Å². The van der Waals surface area contributed by atoms with Crippen molar-refractivity contribution in [3.05, 3.63) is 41.1 Å². The lowest BCUT2D eigenvalue weighted by Crippen LogP contribution is -2.29. The number of aromatic nitrogens is 2. The molecule has 6 heteroatoms. The summed E-state index contributed by atoms with van der Waals surface area (Å²) in [7, 11) is 0. The van der Waals surface area contributed by atoms with Gasteiger partial charge < -0.3 is 10.5 Å². The summed E-state index contributed by atoms with van der Waals surface area (Å²) >= 11 is 0. The van der Waals surface area contributed by atoms with Gasteiger partial charge >= 0.3 is 0 Å². The molecule has 0 saturated heterocycles. The minimum Gasteiger partial charge on any atom is -0.493 e. The van der Waals surface area contributed by atoms with Crippen LogP contribution < -0.4 is 21.7 Å². The van der Waals surface area contributed by atoms with Crippen molar-refractivity contribution in [2.24, 2.45) is 5.84 Å². The van der Waals surface area contributed by atoms with Crippen LogP contribution in [0.25, 0.3) is 0 Å². The Morgan fingerprint density at radius 2 is 2.33 bits per heavy atom. The molecule has 0 spiro atoms. The van der Waals surface area contributed by atoms with Crippen LogP contribution in [0.4, 0.5) is 5.82 Å². The molecule has 0 amide bonds. The largest absolute Gasteiger partial charge is 0.493 e. The van der Waals surface area contributed by atoms with Crippen molar-refractivity contribution < 1.29 is 4.74 Å². The zero-order valence-corrected chi connectivity index (χ0v) is 9.81. The van der Waals surface area contributed by atoms with E-state index >= 15 is 0 Å². The first-order chi connectivity index (χ1) is 8.79. The zero-order chi connectivity index (χ0) is 12.5. The summed E-state index contributed by atoms with van der Waals surface area (Å²) in [6.45, 7) is 0.743. The first-order valence-electron chi connectivity index (χ1n) is 5.80. The Hall–Kier alpha value is -2.05. The Kier molecular flexibility index (Phi) is 2.66. The number of hydrogen-bond acceptors (Lipinski definition) is 5. The first-order valence-corrected chi connectivity index (χ1v) is 5.80. The van der Waals surface area contributed by atoms with Gasteiger partial charge in [0.1, 0.15) is 11.6 Å². The van der Waals surface area contributed by atoms with Crippen molar-refractivity contribution >= 4 is 5.82 Å². The van der Waals surface area contributed by atoms with Crippen LogP contribution in [0.5, 0.6) is 5.75 Å². The number of hydrazine groups is 1. The normalized spacial score (nSPS) is 15.2. The molecule has 0 fully saturated rings. The number of nitrogens with one attached hydrogen (secondary N) is 2. The fourth-order valence-electron chi connectivity index (χ4n) is 2.29. The molecule has 1 atom stereocenters. The van der Waals surface area contributed by atoms with Crippen molar-refractivity contribution in [1.82, 2.24) is 15.6 Å². The van der Waals surface area contributed by atoms with Crippen LogP contribution in [-0.4, -0.2) is 16.8 Å². The van der Waals surface area contributed by atoms with E-state index in [0.717, 1.165) is 29.9 Å². The lowest BCUT2D eigenvalue weighted by atomic mass is 9.98. The maximum Gasteiger partial charge on any atom is 0.124 e. The Morgan fingerprint density at radius 3 is 3.06 bits per heavy atom. The summed E-state index contributed by atoms with van der Waals surface area (Å²) in [4.78, 5) is 0. The first kappa shape index (κ1) is 11.1. The maximum atomic E-state index is 5.83. The second-order valence-electron chi connectivity index (χ2n) is 4.30. The smallest absolute Gasteiger partial charge is 0.124 e. The molecule has 1 unspecified atom stereocenters. The minimum atomic E-state index is -0.172. The summed E-state index contributed by atoms with van der Waals surface area (Å²) in [6, 6.07) is 5.88. The Bertz CT molecular complexity index is 565. The number of ether oxygens (including phenoxy) is 1. The maximum absolute atomic E-state index is 5.83. The van der Waals surface area contributed by atoms with Crippen molar-refractivity contribution in [3.63, 3.8) is 0 Å². The molecule has 18 heavy (non-hydrogen) atoms. The van der Waals surface area contributed by atoms with E-state index in [-0.39, 0.29) is 6.04 Å². The molecule has 6 N–H and O–H groups in total. The number of H-pyrrole nitrogens is 1. The number of aromatic amines is 1. The number of fused-ring (bicyclic) bond motifs is 1. The lowest BCUT2D eigenvalue weighted by Gasteiger charge is -2.16. The average molecular weight is 245 g/mol. The van der Waals surface area contributed by atoms with Crippen LogP contribution in [0, 0.1) is 0 Å². The number of nitrogen functional groups attached to an aromatic ring is 1. The van der Waals surface area contributed by atoms with Crippen molar-refractivity contribution in [3.8, 4) is 5.75 Å². The third-order valence-corrected chi connectivity index (χ3v) is 3.22. The molecule has 1 aliphatic rings. The molecule has 0 aliphatic carbocycles.